The van der Waals surface area contributed by atoms with Gasteiger partial charge in [0.05, 0.1) is 5.69 Å². The maximum Gasteiger partial charge on any atom is 0.269 e. The molecule has 0 aromatic carbocycles. The molecule has 1 aliphatic carbocycles. The first-order chi connectivity index (χ1) is 10.7. The molecule has 5 heteroatoms. The van der Waals surface area contributed by atoms with Gasteiger partial charge in [-0.2, -0.15) is 5.10 Å². The first-order valence-electron chi connectivity index (χ1n) is 7.70. The van der Waals surface area contributed by atoms with Gasteiger partial charge in [-0.3, -0.25) is 14.9 Å². The van der Waals surface area contributed by atoms with Crippen molar-refractivity contribution < 1.29 is 4.79 Å². The van der Waals surface area contributed by atoms with E-state index in [4.69, 9.17) is 0 Å². The number of pyridine rings is 1. The van der Waals surface area contributed by atoms with E-state index in [0.29, 0.717) is 11.4 Å². The maximum absolute atomic E-state index is 12.3. The highest BCUT2D eigenvalue weighted by atomic mass is 16.2. The van der Waals surface area contributed by atoms with Crippen LogP contribution in [-0.2, 0) is 0 Å². The molecule has 1 amide bonds. The Morgan fingerprint density at radius 2 is 2.23 bits per heavy atom. The van der Waals surface area contributed by atoms with E-state index in [1.165, 1.54) is 18.4 Å². The number of hydrogen-bond donors (Lipinski definition) is 2. The van der Waals surface area contributed by atoms with Crippen LogP contribution in [0.15, 0.2) is 42.1 Å². The molecule has 1 atom stereocenters. The van der Waals surface area contributed by atoms with Crippen molar-refractivity contribution in [2.24, 2.45) is 0 Å². The molecule has 0 saturated carbocycles. The molecule has 1 aliphatic rings. The molecule has 0 saturated heterocycles. The number of amides is 1. The van der Waals surface area contributed by atoms with Crippen molar-refractivity contribution in [1.82, 2.24) is 20.5 Å². The van der Waals surface area contributed by atoms with Crippen molar-refractivity contribution >= 4 is 5.91 Å². The number of allylic oxidation sites excluding steroid dienone is 1. The zero-order chi connectivity index (χ0) is 15.4. The average molecular weight is 296 g/mol. The van der Waals surface area contributed by atoms with E-state index in [1.807, 2.05) is 25.1 Å². The minimum absolute atomic E-state index is 0.0643. The number of H-pyrrole nitrogens is 1. The summed E-state index contributed by atoms with van der Waals surface area (Å²) in [4.78, 5) is 16.5. The predicted molar refractivity (Wildman–Crippen MR) is 85.3 cm³/mol. The number of rotatable bonds is 4. The lowest BCUT2D eigenvalue weighted by atomic mass is 9.95. The van der Waals surface area contributed by atoms with Gasteiger partial charge in [0.25, 0.3) is 5.91 Å². The molecule has 22 heavy (non-hydrogen) atoms. The van der Waals surface area contributed by atoms with Crippen LogP contribution in [-0.4, -0.2) is 27.1 Å². The van der Waals surface area contributed by atoms with E-state index < -0.39 is 0 Å². The molecule has 2 heterocycles. The van der Waals surface area contributed by atoms with Crippen molar-refractivity contribution in [3.63, 3.8) is 0 Å². The Balaban J connectivity index is 1.68. The third-order valence-electron chi connectivity index (χ3n) is 3.98. The molecule has 3 rings (SSSR count). The largest absolute Gasteiger partial charge is 0.345 e. The second-order valence-electron chi connectivity index (χ2n) is 5.60. The fourth-order valence-electron chi connectivity index (χ4n) is 2.71. The SMILES string of the molecule is C[C@H](NC(=O)c1cc(-c2ccccn2)n[nH]1)C1=CCCCC1. The molecule has 0 radical (unpaired) electrons. The van der Waals surface area contributed by atoms with Gasteiger partial charge in [0, 0.05) is 12.2 Å². The third-order valence-corrected chi connectivity index (χ3v) is 3.98. The van der Waals surface area contributed by atoms with E-state index in [9.17, 15) is 4.79 Å². The number of hydrogen-bond acceptors (Lipinski definition) is 3. The second kappa shape index (κ2) is 6.56. The summed E-state index contributed by atoms with van der Waals surface area (Å²) >= 11 is 0. The fraction of sp³-hybridized carbons (Fsp3) is 0.353. The Labute approximate surface area is 129 Å². The molecule has 2 aromatic heterocycles. The van der Waals surface area contributed by atoms with Crippen LogP contribution in [0.5, 0.6) is 0 Å². The van der Waals surface area contributed by atoms with E-state index in [1.54, 1.807) is 12.3 Å². The first-order valence-corrected chi connectivity index (χ1v) is 7.70. The van der Waals surface area contributed by atoms with Crippen molar-refractivity contribution in [2.75, 3.05) is 0 Å². The standard InChI is InChI=1S/C17H20N4O/c1-12(13-7-3-2-4-8-13)19-17(22)16-11-15(20-21-16)14-9-5-6-10-18-14/h5-7,9-12H,2-4,8H2,1H3,(H,19,22)(H,20,21)/t12-/m0/s1. The van der Waals surface area contributed by atoms with Gasteiger partial charge in [0.1, 0.15) is 11.4 Å². The van der Waals surface area contributed by atoms with Gasteiger partial charge in [-0.15, -0.1) is 0 Å². The molecule has 0 aliphatic heterocycles. The zero-order valence-corrected chi connectivity index (χ0v) is 12.7. The molecule has 2 N–H and O–H groups in total. The fourth-order valence-corrected chi connectivity index (χ4v) is 2.71. The highest BCUT2D eigenvalue weighted by Crippen LogP contribution is 2.20. The van der Waals surface area contributed by atoms with Gasteiger partial charge in [-0.05, 0) is 50.8 Å². The molecule has 5 nitrogen and oxygen atoms in total. The number of aromatic nitrogens is 3. The summed E-state index contributed by atoms with van der Waals surface area (Å²) in [5.41, 5.74) is 3.21. The lowest BCUT2D eigenvalue weighted by Crippen LogP contribution is -2.34. The third kappa shape index (κ3) is 3.24. The van der Waals surface area contributed by atoms with Crippen LogP contribution in [0.1, 0.15) is 43.1 Å². The first kappa shape index (κ1) is 14.5. The lowest BCUT2D eigenvalue weighted by Gasteiger charge is -2.20. The normalized spacial score (nSPS) is 16.0. The Morgan fingerprint density at radius 1 is 1.32 bits per heavy atom. The second-order valence-corrected chi connectivity index (χ2v) is 5.60. The summed E-state index contributed by atoms with van der Waals surface area (Å²) in [6.07, 6.45) is 8.60. The Kier molecular flexibility index (Phi) is 4.32. The maximum atomic E-state index is 12.3. The van der Waals surface area contributed by atoms with Gasteiger partial charge in [0.15, 0.2) is 0 Å². The smallest absolute Gasteiger partial charge is 0.269 e. The Morgan fingerprint density at radius 3 is 2.95 bits per heavy atom. The van der Waals surface area contributed by atoms with Crippen molar-refractivity contribution in [1.29, 1.82) is 0 Å². The lowest BCUT2D eigenvalue weighted by molar-refractivity contribution is 0.0939. The van der Waals surface area contributed by atoms with Crippen molar-refractivity contribution in [3.8, 4) is 11.4 Å². The molecule has 114 valence electrons. The van der Waals surface area contributed by atoms with Crippen LogP contribution < -0.4 is 5.32 Å². The molecule has 0 unspecified atom stereocenters. The Bertz CT molecular complexity index is 675. The summed E-state index contributed by atoms with van der Waals surface area (Å²) in [5, 5.41) is 9.99. The predicted octanol–water partition coefficient (Wildman–Crippen LogP) is 3.09. The quantitative estimate of drug-likeness (QED) is 0.852. The van der Waals surface area contributed by atoms with E-state index >= 15 is 0 Å². The van der Waals surface area contributed by atoms with E-state index in [0.717, 1.165) is 18.5 Å². The summed E-state index contributed by atoms with van der Waals surface area (Å²) < 4.78 is 0. The van der Waals surface area contributed by atoms with E-state index in [2.05, 4.69) is 26.6 Å². The average Bonchev–Trinajstić information content (AvgIpc) is 3.06. The number of carbonyl (C=O) groups excluding carboxylic acids is 1. The van der Waals surface area contributed by atoms with Gasteiger partial charge < -0.3 is 5.32 Å². The van der Waals surface area contributed by atoms with Gasteiger partial charge in [0.2, 0.25) is 0 Å². The van der Waals surface area contributed by atoms with Crippen molar-refractivity contribution in [2.45, 2.75) is 38.6 Å². The monoisotopic (exact) mass is 296 g/mol. The number of carbonyl (C=O) groups is 1. The van der Waals surface area contributed by atoms with Crippen LogP contribution in [0.3, 0.4) is 0 Å². The van der Waals surface area contributed by atoms with Crippen LogP contribution in [0.4, 0.5) is 0 Å². The molecular formula is C17H20N4O. The number of aromatic amines is 1. The van der Waals surface area contributed by atoms with Crippen LogP contribution in [0.2, 0.25) is 0 Å². The zero-order valence-electron chi connectivity index (χ0n) is 12.7. The van der Waals surface area contributed by atoms with Crippen molar-refractivity contribution in [3.05, 3.63) is 47.8 Å². The summed E-state index contributed by atoms with van der Waals surface area (Å²) in [6.45, 7) is 2.03. The molecule has 0 bridgehead atoms. The minimum atomic E-state index is -0.131. The highest BCUT2D eigenvalue weighted by Gasteiger charge is 2.17. The number of nitrogens with one attached hydrogen (secondary N) is 2. The Hall–Kier alpha value is -2.43. The molecule has 0 spiro atoms. The summed E-state index contributed by atoms with van der Waals surface area (Å²) in [7, 11) is 0. The number of nitrogens with zero attached hydrogens (tertiary/aromatic N) is 2. The van der Waals surface area contributed by atoms with Gasteiger partial charge in [-0.25, -0.2) is 0 Å². The summed E-state index contributed by atoms with van der Waals surface area (Å²) in [6, 6.07) is 7.42. The van der Waals surface area contributed by atoms with Crippen LogP contribution >= 0.6 is 0 Å². The van der Waals surface area contributed by atoms with Gasteiger partial charge in [-0.1, -0.05) is 17.7 Å². The minimum Gasteiger partial charge on any atom is -0.345 e. The van der Waals surface area contributed by atoms with Crippen LogP contribution in [0, 0.1) is 0 Å². The topological polar surface area (TPSA) is 70.7 Å². The van der Waals surface area contributed by atoms with Gasteiger partial charge >= 0.3 is 0 Å². The molecule has 0 fully saturated rings. The summed E-state index contributed by atoms with van der Waals surface area (Å²) in [5.74, 6) is -0.131. The van der Waals surface area contributed by atoms with E-state index in [-0.39, 0.29) is 11.9 Å². The molecule has 2 aromatic rings. The highest BCUT2D eigenvalue weighted by molar-refractivity contribution is 5.93. The molecular weight excluding hydrogens is 276 g/mol. The van der Waals surface area contributed by atoms with Crippen LogP contribution in [0.25, 0.3) is 11.4 Å².